The molecule has 2 aromatic carbocycles. The van der Waals surface area contributed by atoms with Crippen LogP contribution < -0.4 is 14.2 Å². The molecule has 3 rings (SSSR count). The van der Waals surface area contributed by atoms with E-state index in [0.29, 0.717) is 11.5 Å². The van der Waals surface area contributed by atoms with Crippen molar-refractivity contribution in [2.24, 2.45) is 0 Å². The van der Waals surface area contributed by atoms with Gasteiger partial charge in [-0.25, -0.2) is 0 Å². The third kappa shape index (κ3) is 3.61. The maximum atomic E-state index is 5.34. The molecule has 0 aromatic heterocycles. The van der Waals surface area contributed by atoms with E-state index in [0.717, 1.165) is 23.3 Å². The Balaban J connectivity index is 0.000000545. The van der Waals surface area contributed by atoms with Gasteiger partial charge in [0.2, 0.25) is 0 Å². The van der Waals surface area contributed by atoms with Crippen LogP contribution in [0.25, 0.3) is 11.1 Å². The van der Waals surface area contributed by atoms with Gasteiger partial charge in [-0.05, 0) is 24.1 Å². The Hall–Kier alpha value is -0.697. The van der Waals surface area contributed by atoms with Crippen molar-refractivity contribution < 1.29 is 35.1 Å². The van der Waals surface area contributed by atoms with Gasteiger partial charge in [0.15, 0.2) is 0 Å². The second-order valence-electron chi connectivity index (χ2n) is 4.53. The Labute approximate surface area is 149 Å². The van der Waals surface area contributed by atoms with Gasteiger partial charge >= 0.3 is 37.9 Å². The van der Waals surface area contributed by atoms with Gasteiger partial charge in [0.1, 0.15) is 5.75 Å². The Morgan fingerprint density at radius 2 is 1.73 bits per heavy atom. The molecular weight excluding hydrogens is 402 g/mol. The van der Waals surface area contributed by atoms with Gasteiger partial charge in [0, 0.05) is 11.5 Å². The zero-order valence-electron chi connectivity index (χ0n) is 12.5. The Morgan fingerprint density at radius 1 is 1.00 bits per heavy atom. The summed E-state index contributed by atoms with van der Waals surface area (Å²) >= 11 is -0.826. The number of fused-ring (bicyclic) bond motifs is 3. The number of benzene rings is 2. The van der Waals surface area contributed by atoms with E-state index in [9.17, 15) is 0 Å². The molecule has 0 heterocycles. The van der Waals surface area contributed by atoms with E-state index in [2.05, 4.69) is 18.2 Å². The fourth-order valence-electron chi connectivity index (χ4n) is 2.53. The first-order valence-electron chi connectivity index (χ1n) is 6.49. The Kier molecular flexibility index (Phi) is 6.61. The molecule has 22 heavy (non-hydrogen) atoms. The summed E-state index contributed by atoms with van der Waals surface area (Å²) in [5, 5.41) is 0. The van der Waals surface area contributed by atoms with E-state index in [1.165, 1.54) is 11.1 Å². The third-order valence-electron chi connectivity index (χ3n) is 3.48. The number of hydrogen-bond donors (Lipinski definition) is 0. The molecule has 0 atom stereocenters. The van der Waals surface area contributed by atoms with E-state index in [-0.39, 0.29) is 0 Å². The molecule has 0 fully saturated rings. The molecule has 0 radical (unpaired) electrons. The van der Waals surface area contributed by atoms with Gasteiger partial charge in [0.05, 0.1) is 21.3 Å². The van der Waals surface area contributed by atoms with Crippen LogP contribution in [0, 0.1) is 6.07 Å². The summed E-state index contributed by atoms with van der Waals surface area (Å²) in [6, 6.07) is 11.4. The zero-order chi connectivity index (χ0) is 16.1. The second-order valence-corrected chi connectivity index (χ2v) is 8.27. The summed E-state index contributed by atoms with van der Waals surface area (Å²) in [6.07, 6.45) is 0.849. The van der Waals surface area contributed by atoms with Crippen LogP contribution in [0.3, 0.4) is 0 Å². The summed E-state index contributed by atoms with van der Waals surface area (Å²) in [6.45, 7) is 0. The monoisotopic (exact) mass is 415 g/mol. The third-order valence-corrected chi connectivity index (χ3v) is 3.48. The summed E-state index contributed by atoms with van der Waals surface area (Å²) < 4.78 is 15.9. The van der Waals surface area contributed by atoms with E-state index < -0.39 is 20.8 Å². The SMILES string of the molecule is COc1ccc2c(c1)Cc1[c-]c(OC)c(OC)cc1-2.[Cl][Zr][Cl]. The molecule has 0 saturated carbocycles. The van der Waals surface area contributed by atoms with Crippen LogP contribution in [0.2, 0.25) is 0 Å². The van der Waals surface area contributed by atoms with Gasteiger partial charge in [-0.1, -0.05) is 11.6 Å². The zero-order valence-corrected chi connectivity index (χ0v) is 16.5. The number of rotatable bonds is 3. The minimum atomic E-state index is -0.826. The molecule has 0 spiro atoms. The average Bonchev–Trinajstić information content (AvgIpc) is 2.90. The average molecular weight is 417 g/mol. The molecule has 1 aliphatic rings. The van der Waals surface area contributed by atoms with Crippen molar-refractivity contribution >= 4 is 17.0 Å². The van der Waals surface area contributed by atoms with E-state index in [1.807, 2.05) is 12.1 Å². The molecule has 1 aliphatic carbocycles. The Morgan fingerprint density at radius 3 is 2.32 bits per heavy atom. The normalized spacial score (nSPS) is 10.8. The topological polar surface area (TPSA) is 27.7 Å². The summed E-state index contributed by atoms with van der Waals surface area (Å²) in [5.74, 6) is 2.25. The van der Waals surface area contributed by atoms with Gasteiger partial charge in [-0.2, -0.15) is 0 Å². The molecule has 0 saturated heterocycles. The summed E-state index contributed by atoms with van der Waals surface area (Å²) in [4.78, 5) is 0. The van der Waals surface area contributed by atoms with Crippen LogP contribution in [0.1, 0.15) is 11.1 Å². The molecule has 6 heteroatoms. The number of halogens is 2. The van der Waals surface area contributed by atoms with Crippen molar-refractivity contribution in [1.29, 1.82) is 0 Å². The molecular formula is C16H15Cl2O3Zr-. The van der Waals surface area contributed by atoms with Crippen molar-refractivity contribution in [3.63, 3.8) is 0 Å². The van der Waals surface area contributed by atoms with E-state index in [1.54, 1.807) is 21.3 Å². The van der Waals surface area contributed by atoms with E-state index >= 15 is 0 Å². The fraction of sp³-hybridized carbons (Fsp3) is 0.250. The molecule has 0 aliphatic heterocycles. The van der Waals surface area contributed by atoms with Gasteiger partial charge < -0.3 is 14.2 Å². The van der Waals surface area contributed by atoms with Crippen LogP contribution in [0.4, 0.5) is 0 Å². The van der Waals surface area contributed by atoms with Crippen LogP contribution in [0.15, 0.2) is 24.3 Å². The summed E-state index contributed by atoms with van der Waals surface area (Å²) in [5.41, 5.74) is 4.77. The van der Waals surface area contributed by atoms with Gasteiger partial charge in [0.25, 0.3) is 0 Å². The second kappa shape index (κ2) is 8.24. The van der Waals surface area contributed by atoms with Crippen molar-refractivity contribution in [1.82, 2.24) is 0 Å². The van der Waals surface area contributed by atoms with Crippen LogP contribution in [-0.2, 0) is 27.3 Å². The van der Waals surface area contributed by atoms with Crippen molar-refractivity contribution in [2.75, 3.05) is 21.3 Å². The minimum absolute atomic E-state index is 0.654. The van der Waals surface area contributed by atoms with Gasteiger partial charge in [-0.3, -0.25) is 0 Å². The molecule has 116 valence electrons. The van der Waals surface area contributed by atoms with Crippen LogP contribution >= 0.6 is 17.0 Å². The van der Waals surface area contributed by atoms with Crippen molar-refractivity contribution in [3.8, 4) is 28.4 Å². The predicted molar refractivity (Wildman–Crippen MR) is 84.9 cm³/mol. The molecule has 3 nitrogen and oxygen atoms in total. The summed E-state index contributed by atoms with van der Waals surface area (Å²) in [7, 11) is 14.8. The quantitative estimate of drug-likeness (QED) is 0.589. The fourth-order valence-corrected chi connectivity index (χ4v) is 2.53. The molecule has 0 unspecified atom stereocenters. The Bertz CT molecular complexity index is 662. The van der Waals surface area contributed by atoms with Crippen LogP contribution in [0.5, 0.6) is 17.2 Å². The number of methoxy groups -OCH3 is 3. The first-order chi connectivity index (χ1) is 10.7. The maximum absolute atomic E-state index is 5.34. The standard InChI is InChI=1S/C16H15O3.2ClH.Zr/c1-17-12-4-5-13-10(7-12)6-11-8-15(18-2)16(19-3)9-14(11)13;;;/h4-5,7,9H,6H2,1-3H3;2*1H;/q-1;;;+2/p-2. The van der Waals surface area contributed by atoms with Crippen LogP contribution in [-0.4, -0.2) is 21.3 Å². The molecule has 0 N–H and O–H groups in total. The van der Waals surface area contributed by atoms with Crippen molar-refractivity contribution in [3.05, 3.63) is 41.5 Å². The predicted octanol–water partition coefficient (Wildman–Crippen LogP) is 4.46. The first-order valence-corrected chi connectivity index (χ1v) is 12.8. The van der Waals surface area contributed by atoms with Crippen molar-refractivity contribution in [2.45, 2.75) is 6.42 Å². The van der Waals surface area contributed by atoms with E-state index in [4.69, 9.17) is 31.2 Å². The van der Waals surface area contributed by atoms with Gasteiger partial charge in [-0.15, -0.1) is 23.3 Å². The molecule has 0 amide bonds. The molecule has 0 bridgehead atoms. The number of hydrogen-bond acceptors (Lipinski definition) is 3. The number of ether oxygens (including phenoxy) is 3. The molecule has 2 aromatic rings. The first kappa shape index (κ1) is 17.7.